The van der Waals surface area contributed by atoms with Gasteiger partial charge < -0.3 is 37.3 Å². The minimum absolute atomic E-state index is 0.0345. The van der Waals surface area contributed by atoms with Crippen LogP contribution in [-0.2, 0) is 0 Å². The maximum absolute atomic E-state index is 13.9. The summed E-state index contributed by atoms with van der Waals surface area (Å²) in [6, 6.07) is 16.2. The van der Waals surface area contributed by atoms with Gasteiger partial charge in [-0.3, -0.25) is 4.79 Å². The highest BCUT2D eigenvalue weighted by molar-refractivity contribution is 7.99. The molecule has 5 aromatic rings. The van der Waals surface area contributed by atoms with Crippen molar-refractivity contribution in [2.24, 2.45) is 0 Å². The summed E-state index contributed by atoms with van der Waals surface area (Å²) < 4.78 is 45.7. The van der Waals surface area contributed by atoms with Crippen LogP contribution in [0.5, 0.6) is 34.5 Å². The van der Waals surface area contributed by atoms with Crippen LogP contribution in [0.15, 0.2) is 73.4 Å². The molecule has 0 unspecified atom stereocenters. The first-order chi connectivity index (χ1) is 21.5. The lowest BCUT2D eigenvalue weighted by atomic mass is 10.1. The van der Waals surface area contributed by atoms with Crippen molar-refractivity contribution in [3.05, 3.63) is 64.8 Å². The van der Waals surface area contributed by atoms with Crippen molar-refractivity contribution in [3.8, 4) is 57.3 Å². The number of methoxy groups -OCH3 is 5. The topological polar surface area (TPSA) is 125 Å². The van der Waals surface area contributed by atoms with E-state index in [4.69, 9.17) is 37.3 Å². The van der Waals surface area contributed by atoms with Crippen molar-refractivity contribution in [2.75, 3.05) is 47.9 Å². The standard InChI is InChI=1S/C32H32N2O9S/c1-36-21-17-22(37-2)26-23(18-21)42-28(20-15-24(38-3)29(40-5)25(16-20)39-4)30(27(26)35)41-13-9-10-14-44-32-34-33-31(43-32)19-11-7-6-8-12-19/h6-8,11-12,15-18H,9-10,13-14H2,1-5H3. The number of thioether (sulfide) groups is 1. The van der Waals surface area contributed by atoms with Gasteiger partial charge in [0.25, 0.3) is 5.22 Å². The number of fused-ring (bicyclic) bond motifs is 1. The molecule has 0 aliphatic carbocycles. The van der Waals surface area contributed by atoms with Crippen molar-refractivity contribution in [3.63, 3.8) is 0 Å². The highest BCUT2D eigenvalue weighted by Gasteiger charge is 2.24. The molecule has 3 aromatic carbocycles. The summed E-state index contributed by atoms with van der Waals surface area (Å²) in [5.41, 5.74) is 1.25. The summed E-state index contributed by atoms with van der Waals surface area (Å²) in [5.74, 6) is 3.41. The lowest BCUT2D eigenvalue weighted by Gasteiger charge is -2.17. The van der Waals surface area contributed by atoms with Gasteiger partial charge in [0, 0.05) is 29.0 Å². The zero-order valence-electron chi connectivity index (χ0n) is 25.0. The maximum atomic E-state index is 13.9. The third-order valence-electron chi connectivity index (χ3n) is 6.71. The number of rotatable bonds is 14. The molecule has 0 amide bonds. The van der Waals surface area contributed by atoms with Gasteiger partial charge in [0.05, 0.1) is 42.2 Å². The molecular formula is C32H32N2O9S. The van der Waals surface area contributed by atoms with Crippen LogP contribution in [0.4, 0.5) is 0 Å². The molecule has 0 saturated carbocycles. The van der Waals surface area contributed by atoms with Gasteiger partial charge in [0.2, 0.25) is 22.8 Å². The van der Waals surface area contributed by atoms with Crippen LogP contribution in [-0.4, -0.2) is 58.1 Å². The van der Waals surface area contributed by atoms with Crippen LogP contribution in [0.25, 0.3) is 33.7 Å². The minimum atomic E-state index is -0.386. The Balaban J connectivity index is 1.39. The van der Waals surface area contributed by atoms with E-state index in [0.29, 0.717) is 51.8 Å². The van der Waals surface area contributed by atoms with Crippen molar-refractivity contribution in [1.29, 1.82) is 0 Å². The number of aromatic nitrogens is 2. The Bertz CT molecular complexity index is 1760. The van der Waals surface area contributed by atoms with Crippen molar-refractivity contribution in [2.45, 2.75) is 18.1 Å². The van der Waals surface area contributed by atoms with E-state index in [9.17, 15) is 4.79 Å². The van der Waals surface area contributed by atoms with E-state index in [0.717, 1.165) is 17.7 Å². The maximum Gasteiger partial charge on any atom is 0.276 e. The molecule has 0 spiro atoms. The predicted molar refractivity (Wildman–Crippen MR) is 166 cm³/mol. The first kappa shape index (κ1) is 30.6. The second kappa shape index (κ2) is 14.1. The van der Waals surface area contributed by atoms with E-state index in [1.54, 1.807) is 24.3 Å². The van der Waals surface area contributed by atoms with Gasteiger partial charge in [-0.25, -0.2) is 0 Å². The molecule has 0 saturated heterocycles. The van der Waals surface area contributed by atoms with Crippen molar-refractivity contribution < 1.29 is 37.3 Å². The number of nitrogens with zero attached hydrogens (tertiary/aromatic N) is 2. The molecule has 2 heterocycles. The third kappa shape index (κ3) is 6.40. The molecule has 44 heavy (non-hydrogen) atoms. The Morgan fingerprint density at radius 1 is 0.727 bits per heavy atom. The molecule has 11 nitrogen and oxygen atoms in total. The highest BCUT2D eigenvalue weighted by atomic mass is 32.2. The minimum Gasteiger partial charge on any atom is -0.496 e. The molecule has 0 aliphatic heterocycles. The second-order valence-electron chi connectivity index (χ2n) is 9.35. The van der Waals surface area contributed by atoms with Gasteiger partial charge in [0.1, 0.15) is 22.5 Å². The number of ether oxygens (including phenoxy) is 6. The highest BCUT2D eigenvalue weighted by Crippen LogP contribution is 2.44. The SMILES string of the molecule is COc1cc(OC)c2c(=O)c(OCCCCSc3nnc(-c4ccccc4)o3)c(-c3cc(OC)c(OC)c(OC)c3)oc2c1. The Hall–Kier alpha value is -4.84. The van der Waals surface area contributed by atoms with E-state index in [2.05, 4.69) is 10.2 Å². The lowest BCUT2D eigenvalue weighted by molar-refractivity contribution is 0.301. The quantitative estimate of drug-likeness (QED) is 0.0993. The average Bonchev–Trinajstić information content (AvgIpc) is 3.55. The molecule has 230 valence electrons. The zero-order chi connectivity index (χ0) is 31.1. The van der Waals surface area contributed by atoms with Crippen LogP contribution in [0, 0.1) is 0 Å². The average molecular weight is 621 g/mol. The Kier molecular flexibility index (Phi) is 9.80. The first-order valence-electron chi connectivity index (χ1n) is 13.7. The van der Waals surface area contributed by atoms with E-state index in [-0.39, 0.29) is 34.5 Å². The number of hydrogen-bond donors (Lipinski definition) is 0. The van der Waals surface area contributed by atoms with Crippen molar-refractivity contribution >= 4 is 22.7 Å². The largest absolute Gasteiger partial charge is 0.496 e. The number of benzene rings is 3. The van der Waals surface area contributed by atoms with Crippen LogP contribution >= 0.6 is 11.8 Å². The molecule has 0 fully saturated rings. The predicted octanol–water partition coefficient (Wildman–Crippen LogP) is 6.50. The molecule has 0 N–H and O–H groups in total. The normalized spacial score (nSPS) is 10.9. The van der Waals surface area contributed by atoms with E-state index < -0.39 is 0 Å². The Morgan fingerprint density at radius 2 is 1.45 bits per heavy atom. The number of hydrogen-bond acceptors (Lipinski definition) is 12. The van der Waals surface area contributed by atoms with Gasteiger partial charge in [0.15, 0.2) is 17.3 Å². The van der Waals surface area contributed by atoms with E-state index in [1.807, 2.05) is 30.3 Å². The summed E-state index contributed by atoms with van der Waals surface area (Å²) in [5, 5.41) is 8.98. The fraction of sp³-hybridized carbons (Fsp3) is 0.281. The molecule has 12 heteroatoms. The van der Waals surface area contributed by atoms with Crippen LogP contribution < -0.4 is 33.8 Å². The summed E-state index contributed by atoms with van der Waals surface area (Å²) in [7, 11) is 7.54. The monoisotopic (exact) mass is 620 g/mol. The molecule has 0 radical (unpaired) electrons. The van der Waals surface area contributed by atoms with Crippen LogP contribution in [0.1, 0.15) is 12.8 Å². The molecule has 0 atom stereocenters. The Morgan fingerprint density at radius 3 is 2.11 bits per heavy atom. The van der Waals surface area contributed by atoms with Crippen LogP contribution in [0.3, 0.4) is 0 Å². The molecule has 0 bridgehead atoms. The molecule has 5 rings (SSSR count). The first-order valence-corrected chi connectivity index (χ1v) is 14.7. The summed E-state index contributed by atoms with van der Waals surface area (Å²) >= 11 is 1.46. The van der Waals surface area contributed by atoms with Gasteiger partial charge in [-0.1, -0.05) is 30.0 Å². The van der Waals surface area contributed by atoms with E-state index >= 15 is 0 Å². The van der Waals surface area contributed by atoms with Crippen molar-refractivity contribution in [1.82, 2.24) is 10.2 Å². The third-order valence-corrected chi connectivity index (χ3v) is 7.62. The van der Waals surface area contributed by atoms with Gasteiger partial charge in [-0.2, -0.15) is 0 Å². The fourth-order valence-corrected chi connectivity index (χ4v) is 5.32. The summed E-state index contributed by atoms with van der Waals surface area (Å²) in [4.78, 5) is 13.9. The smallest absolute Gasteiger partial charge is 0.276 e. The Labute approximate surface area is 258 Å². The zero-order valence-corrected chi connectivity index (χ0v) is 25.8. The molecule has 0 aliphatic rings. The van der Waals surface area contributed by atoms with Gasteiger partial charge in [-0.15, -0.1) is 10.2 Å². The molecule has 2 aromatic heterocycles. The lowest BCUT2D eigenvalue weighted by Crippen LogP contribution is -2.12. The number of unbranched alkanes of at least 4 members (excludes halogenated alkanes) is 1. The summed E-state index contributed by atoms with van der Waals surface area (Å²) in [6.07, 6.45) is 1.42. The second-order valence-corrected chi connectivity index (χ2v) is 10.4. The molecular weight excluding hydrogens is 588 g/mol. The van der Waals surface area contributed by atoms with E-state index in [1.165, 1.54) is 47.3 Å². The van der Waals surface area contributed by atoms with Gasteiger partial charge >= 0.3 is 0 Å². The summed E-state index contributed by atoms with van der Waals surface area (Å²) in [6.45, 7) is 0.256. The van der Waals surface area contributed by atoms with Gasteiger partial charge in [-0.05, 0) is 37.1 Å². The fourth-order valence-electron chi connectivity index (χ4n) is 4.56. The van der Waals surface area contributed by atoms with Crippen LogP contribution in [0.2, 0.25) is 0 Å².